The Bertz CT molecular complexity index is 1150. The van der Waals surface area contributed by atoms with Gasteiger partial charge in [0.1, 0.15) is 12.4 Å². The third-order valence-electron chi connectivity index (χ3n) is 4.66. The number of carbonyl (C=O) groups is 1. The first-order valence-corrected chi connectivity index (χ1v) is 9.54. The molecule has 4 rings (SSSR count). The lowest BCUT2D eigenvalue weighted by atomic mass is 9.98. The van der Waals surface area contributed by atoms with Crippen molar-refractivity contribution in [3.63, 3.8) is 0 Å². The Balaban J connectivity index is 1.66. The first-order chi connectivity index (χ1) is 14.7. The average molecular weight is 398 g/mol. The van der Waals surface area contributed by atoms with Gasteiger partial charge in [0.15, 0.2) is 5.78 Å². The maximum atomic E-state index is 13.6. The fraction of sp³-hybridized carbons (Fsp3) is 0.0800. The Morgan fingerprint density at radius 1 is 0.867 bits per heavy atom. The minimum Gasteiger partial charge on any atom is -0.488 e. The first-order valence-electron chi connectivity index (χ1n) is 9.54. The number of nitrogens with zero attached hydrogens (tertiary/aromatic N) is 2. The summed E-state index contributed by atoms with van der Waals surface area (Å²) >= 11 is 0. The second-order valence-corrected chi connectivity index (χ2v) is 6.81. The predicted octanol–water partition coefficient (Wildman–Crippen LogP) is 5.29. The van der Waals surface area contributed by atoms with Crippen LogP contribution in [0.2, 0.25) is 0 Å². The summed E-state index contributed by atoms with van der Waals surface area (Å²) in [6, 6.07) is 21.8. The van der Waals surface area contributed by atoms with Crippen molar-refractivity contribution < 1.29 is 13.9 Å². The predicted molar refractivity (Wildman–Crippen MR) is 113 cm³/mol. The molecule has 4 aromatic rings. The van der Waals surface area contributed by atoms with Crippen molar-refractivity contribution in [2.45, 2.75) is 13.0 Å². The van der Waals surface area contributed by atoms with Gasteiger partial charge in [-0.15, -0.1) is 0 Å². The lowest BCUT2D eigenvalue weighted by Crippen LogP contribution is -2.08. The third kappa shape index (κ3) is 4.75. The molecule has 2 aromatic heterocycles. The maximum Gasteiger partial charge on any atom is 0.213 e. The van der Waals surface area contributed by atoms with Crippen LogP contribution in [0.25, 0.3) is 11.1 Å². The SMILES string of the molecule is O=C(Cc1cccnc1)c1cc(-c2ccnc(F)c2)ccc1OCc1ccccc1. The number of halogens is 1. The summed E-state index contributed by atoms with van der Waals surface area (Å²) in [5.74, 6) is -0.173. The number of ketones is 1. The third-order valence-corrected chi connectivity index (χ3v) is 4.66. The highest BCUT2D eigenvalue weighted by Gasteiger charge is 2.16. The lowest BCUT2D eigenvalue weighted by Gasteiger charge is -2.13. The molecule has 0 radical (unpaired) electrons. The van der Waals surface area contributed by atoms with Crippen LogP contribution in [-0.2, 0) is 13.0 Å². The zero-order chi connectivity index (χ0) is 20.8. The van der Waals surface area contributed by atoms with Crippen LogP contribution in [-0.4, -0.2) is 15.8 Å². The van der Waals surface area contributed by atoms with Crippen molar-refractivity contribution in [3.8, 4) is 16.9 Å². The van der Waals surface area contributed by atoms with Gasteiger partial charge >= 0.3 is 0 Å². The van der Waals surface area contributed by atoms with Crippen LogP contribution in [0.4, 0.5) is 4.39 Å². The van der Waals surface area contributed by atoms with E-state index in [2.05, 4.69) is 9.97 Å². The number of ether oxygens (including phenoxy) is 1. The Kier molecular flexibility index (Phi) is 5.90. The topological polar surface area (TPSA) is 52.1 Å². The normalized spacial score (nSPS) is 10.6. The summed E-state index contributed by atoms with van der Waals surface area (Å²) in [4.78, 5) is 20.8. The Labute approximate surface area is 174 Å². The van der Waals surface area contributed by atoms with Gasteiger partial charge in [-0.2, -0.15) is 4.39 Å². The number of hydrogen-bond donors (Lipinski definition) is 0. The van der Waals surface area contributed by atoms with Crippen LogP contribution in [0, 0.1) is 5.95 Å². The summed E-state index contributed by atoms with van der Waals surface area (Å²) in [5, 5.41) is 0. The van der Waals surface area contributed by atoms with Crippen molar-refractivity contribution in [1.29, 1.82) is 0 Å². The molecule has 0 unspecified atom stereocenters. The number of hydrogen-bond acceptors (Lipinski definition) is 4. The van der Waals surface area contributed by atoms with Gasteiger partial charge in [0.05, 0.1) is 5.56 Å². The van der Waals surface area contributed by atoms with E-state index < -0.39 is 5.95 Å². The van der Waals surface area contributed by atoms with Crippen molar-refractivity contribution in [2.75, 3.05) is 0 Å². The number of rotatable bonds is 7. The summed E-state index contributed by atoms with van der Waals surface area (Å²) < 4.78 is 19.6. The zero-order valence-corrected chi connectivity index (χ0v) is 16.2. The van der Waals surface area contributed by atoms with Crippen molar-refractivity contribution in [1.82, 2.24) is 9.97 Å². The molecule has 148 valence electrons. The Morgan fingerprint density at radius 2 is 1.67 bits per heavy atom. The molecule has 4 nitrogen and oxygen atoms in total. The molecule has 0 aliphatic rings. The first kappa shape index (κ1) is 19.5. The van der Waals surface area contributed by atoms with Gasteiger partial charge in [-0.1, -0.05) is 42.5 Å². The van der Waals surface area contributed by atoms with Crippen molar-refractivity contribution in [3.05, 3.63) is 114 Å². The molecule has 5 heteroatoms. The van der Waals surface area contributed by atoms with Crippen molar-refractivity contribution >= 4 is 5.78 Å². The van der Waals surface area contributed by atoms with Crippen molar-refractivity contribution in [2.24, 2.45) is 0 Å². The molecule has 0 fully saturated rings. The second kappa shape index (κ2) is 9.09. The summed E-state index contributed by atoms with van der Waals surface area (Å²) in [7, 11) is 0. The number of pyridine rings is 2. The number of Topliss-reactive ketones (excluding diaryl/α,β-unsaturated/α-hetero) is 1. The van der Waals surface area contributed by atoms with Crippen LogP contribution < -0.4 is 4.74 Å². The molecule has 0 amide bonds. The van der Waals surface area contributed by atoms with Crippen LogP contribution in [0.1, 0.15) is 21.5 Å². The van der Waals surface area contributed by atoms with E-state index in [9.17, 15) is 9.18 Å². The zero-order valence-electron chi connectivity index (χ0n) is 16.2. The number of benzene rings is 2. The largest absolute Gasteiger partial charge is 0.488 e. The molecule has 0 spiro atoms. The molecule has 30 heavy (non-hydrogen) atoms. The highest BCUT2D eigenvalue weighted by Crippen LogP contribution is 2.29. The second-order valence-electron chi connectivity index (χ2n) is 6.81. The summed E-state index contributed by atoms with van der Waals surface area (Å²) in [5.41, 5.74) is 3.63. The quantitative estimate of drug-likeness (QED) is 0.314. The lowest BCUT2D eigenvalue weighted by molar-refractivity contribution is 0.0988. The molecular weight excluding hydrogens is 379 g/mol. The molecule has 0 saturated heterocycles. The van der Waals surface area contributed by atoms with E-state index in [-0.39, 0.29) is 12.2 Å². The molecule has 0 saturated carbocycles. The van der Waals surface area contributed by atoms with E-state index >= 15 is 0 Å². The van der Waals surface area contributed by atoms with Gasteiger partial charge in [0.25, 0.3) is 0 Å². The highest BCUT2D eigenvalue weighted by molar-refractivity contribution is 6.01. The minimum absolute atomic E-state index is 0.0950. The average Bonchev–Trinajstić information content (AvgIpc) is 2.79. The van der Waals surface area contributed by atoms with E-state index in [1.807, 2.05) is 42.5 Å². The van der Waals surface area contributed by atoms with Gasteiger partial charge in [0, 0.05) is 31.1 Å². The molecule has 0 atom stereocenters. The van der Waals surface area contributed by atoms with Crippen LogP contribution in [0.15, 0.2) is 91.4 Å². The van der Waals surface area contributed by atoms with Gasteiger partial charge in [-0.05, 0) is 46.5 Å². The fourth-order valence-electron chi connectivity index (χ4n) is 3.15. The smallest absolute Gasteiger partial charge is 0.213 e. The maximum absolute atomic E-state index is 13.6. The number of carbonyl (C=O) groups excluding carboxylic acids is 1. The van der Waals surface area contributed by atoms with Crippen LogP contribution in [0.5, 0.6) is 5.75 Å². The van der Waals surface area contributed by atoms with Crippen LogP contribution in [0.3, 0.4) is 0 Å². The molecule has 2 heterocycles. The minimum atomic E-state index is -0.569. The van der Waals surface area contributed by atoms with Gasteiger partial charge < -0.3 is 4.74 Å². The standard InChI is InChI=1S/C25H19FN2O2/c26-25-15-21(10-12-28-25)20-8-9-24(30-17-18-5-2-1-3-6-18)22(14-20)23(29)13-19-7-4-11-27-16-19/h1-12,14-16H,13,17H2. The van der Waals surface area contributed by atoms with E-state index in [0.29, 0.717) is 23.5 Å². The van der Waals surface area contributed by atoms with E-state index in [0.717, 1.165) is 16.7 Å². The molecule has 0 N–H and O–H groups in total. The summed E-state index contributed by atoms with van der Waals surface area (Å²) in [6.07, 6.45) is 4.94. The highest BCUT2D eigenvalue weighted by atomic mass is 19.1. The molecule has 2 aromatic carbocycles. The molecule has 0 bridgehead atoms. The number of aromatic nitrogens is 2. The van der Waals surface area contributed by atoms with E-state index in [1.165, 1.54) is 12.3 Å². The fourth-order valence-corrected chi connectivity index (χ4v) is 3.15. The molecule has 0 aliphatic carbocycles. The van der Waals surface area contributed by atoms with E-state index in [1.54, 1.807) is 36.7 Å². The van der Waals surface area contributed by atoms with Crippen LogP contribution >= 0.6 is 0 Å². The van der Waals surface area contributed by atoms with E-state index in [4.69, 9.17) is 4.74 Å². The monoisotopic (exact) mass is 398 g/mol. The molecule has 0 aliphatic heterocycles. The van der Waals surface area contributed by atoms with Gasteiger partial charge in [0.2, 0.25) is 5.95 Å². The summed E-state index contributed by atoms with van der Waals surface area (Å²) in [6.45, 7) is 0.344. The molecular formula is C25H19FN2O2. The van der Waals surface area contributed by atoms with Gasteiger partial charge in [-0.3, -0.25) is 9.78 Å². The Hall–Kier alpha value is -3.86. The Morgan fingerprint density at radius 3 is 2.43 bits per heavy atom. The van der Waals surface area contributed by atoms with Gasteiger partial charge in [-0.25, -0.2) is 4.98 Å².